The van der Waals surface area contributed by atoms with E-state index >= 15 is 0 Å². The van der Waals surface area contributed by atoms with Crippen molar-refractivity contribution in [3.05, 3.63) is 36.1 Å². The molecule has 3 heterocycles. The number of amides is 2. The number of hydrogen-bond donors (Lipinski definition) is 1. The zero-order valence-electron chi connectivity index (χ0n) is 9.60. The molecule has 3 fully saturated rings. The maximum atomic E-state index is 12.2. The van der Waals surface area contributed by atoms with E-state index in [1.54, 1.807) is 6.26 Å². The van der Waals surface area contributed by atoms with Gasteiger partial charge in [-0.25, -0.2) is 0 Å². The summed E-state index contributed by atoms with van der Waals surface area (Å²) in [7, 11) is 0. The van der Waals surface area contributed by atoms with Gasteiger partial charge in [0.15, 0.2) is 0 Å². The smallest absolute Gasteiger partial charge is 0.237 e. The Labute approximate surface area is 103 Å². The summed E-state index contributed by atoms with van der Waals surface area (Å²) in [4.78, 5) is 23.6. The van der Waals surface area contributed by atoms with Crippen LogP contribution < -0.4 is 5.32 Å². The highest BCUT2D eigenvalue weighted by molar-refractivity contribution is 6.09. The van der Waals surface area contributed by atoms with Gasteiger partial charge in [-0.3, -0.25) is 14.9 Å². The van der Waals surface area contributed by atoms with Gasteiger partial charge < -0.3 is 4.42 Å². The van der Waals surface area contributed by atoms with Crippen molar-refractivity contribution >= 4 is 22.8 Å². The molecule has 2 amide bonds. The highest BCUT2D eigenvalue weighted by Crippen LogP contribution is 2.52. The highest BCUT2D eigenvalue weighted by atomic mass is 16.3. The molecule has 4 heteroatoms. The fraction of sp³-hybridized carbons (Fsp3) is 0.286. The number of fused-ring (bicyclic) bond motifs is 3. The zero-order chi connectivity index (χ0) is 12.3. The van der Waals surface area contributed by atoms with Crippen molar-refractivity contribution in [3.8, 4) is 0 Å². The molecule has 5 rings (SSSR count). The largest absolute Gasteiger partial charge is 0.464 e. The summed E-state index contributed by atoms with van der Waals surface area (Å²) in [5.74, 6) is -0.296. The Bertz CT molecular complexity index is 679. The van der Waals surface area contributed by atoms with Gasteiger partial charge in [0.25, 0.3) is 0 Å². The quantitative estimate of drug-likeness (QED) is 0.773. The van der Waals surface area contributed by atoms with Crippen molar-refractivity contribution in [2.45, 2.75) is 18.3 Å². The van der Waals surface area contributed by atoms with Gasteiger partial charge >= 0.3 is 0 Å². The lowest BCUT2D eigenvalue weighted by molar-refractivity contribution is -0.151. The molecule has 90 valence electrons. The molecule has 1 aromatic heterocycles. The summed E-state index contributed by atoms with van der Waals surface area (Å²) in [6.45, 7) is 0. The van der Waals surface area contributed by atoms with E-state index in [1.807, 2.05) is 24.3 Å². The fourth-order valence-electron chi connectivity index (χ4n) is 3.24. The first-order valence-electron chi connectivity index (χ1n) is 6.03. The minimum Gasteiger partial charge on any atom is -0.464 e. The van der Waals surface area contributed by atoms with Gasteiger partial charge in [0.05, 0.1) is 11.7 Å². The Hall–Kier alpha value is -2.10. The third-order valence-corrected chi connectivity index (χ3v) is 4.24. The van der Waals surface area contributed by atoms with Crippen LogP contribution in [-0.4, -0.2) is 11.8 Å². The first-order valence-corrected chi connectivity index (χ1v) is 6.03. The van der Waals surface area contributed by atoms with Gasteiger partial charge in [0.1, 0.15) is 5.58 Å². The first kappa shape index (κ1) is 9.88. The minimum atomic E-state index is -0.526. The number of nitrogens with one attached hydrogen (secondary N) is 1. The molecule has 1 aliphatic carbocycles. The van der Waals surface area contributed by atoms with E-state index in [-0.39, 0.29) is 17.7 Å². The predicted octanol–water partition coefficient (Wildman–Crippen LogP) is 1.74. The van der Waals surface area contributed by atoms with Crippen LogP contribution in [-0.2, 0) is 15.0 Å². The van der Waals surface area contributed by atoms with E-state index in [4.69, 9.17) is 4.42 Å². The predicted molar refractivity (Wildman–Crippen MR) is 63.8 cm³/mol. The number of piperidine rings is 2. The molecule has 1 aromatic carbocycles. The number of rotatable bonds is 1. The summed E-state index contributed by atoms with van der Waals surface area (Å²) < 4.78 is 5.37. The molecule has 0 radical (unpaired) electrons. The molecule has 3 aliphatic rings. The van der Waals surface area contributed by atoms with Crippen molar-refractivity contribution in [2.75, 3.05) is 0 Å². The average Bonchev–Trinajstić information content (AvgIpc) is 2.75. The summed E-state index contributed by atoms with van der Waals surface area (Å²) >= 11 is 0. The SMILES string of the molecule is O=C1NC(=O)C2(c3cccc4occc34)CC1C2. The highest BCUT2D eigenvalue weighted by Gasteiger charge is 2.58. The standard InChI is InChI=1S/C14H11NO3/c16-12-8-6-14(7-8,13(17)15-12)10-2-1-3-11-9(10)4-5-18-11/h1-5,8H,6-7H2,(H,15,16,17). The first-order chi connectivity index (χ1) is 8.71. The molecule has 2 aliphatic heterocycles. The van der Waals surface area contributed by atoms with Crippen LogP contribution >= 0.6 is 0 Å². The number of carbonyl (C=O) groups excluding carboxylic acids is 2. The van der Waals surface area contributed by atoms with Crippen molar-refractivity contribution in [2.24, 2.45) is 5.92 Å². The van der Waals surface area contributed by atoms with Gasteiger partial charge in [0, 0.05) is 11.3 Å². The van der Waals surface area contributed by atoms with Crippen LogP contribution in [0.25, 0.3) is 11.0 Å². The molecule has 0 unspecified atom stereocenters. The number of imide groups is 1. The molecular weight excluding hydrogens is 230 g/mol. The Morgan fingerprint density at radius 2 is 2.06 bits per heavy atom. The molecule has 2 aromatic rings. The Morgan fingerprint density at radius 1 is 1.22 bits per heavy atom. The number of carbonyl (C=O) groups is 2. The van der Waals surface area contributed by atoms with Crippen LogP contribution in [0.3, 0.4) is 0 Å². The van der Waals surface area contributed by atoms with Crippen molar-refractivity contribution < 1.29 is 14.0 Å². The Balaban J connectivity index is 1.91. The van der Waals surface area contributed by atoms with E-state index in [0.717, 1.165) is 16.5 Å². The van der Waals surface area contributed by atoms with Crippen molar-refractivity contribution in [3.63, 3.8) is 0 Å². The van der Waals surface area contributed by atoms with Crippen LogP contribution in [0.4, 0.5) is 0 Å². The van der Waals surface area contributed by atoms with E-state index in [1.165, 1.54) is 0 Å². The second-order valence-corrected chi connectivity index (χ2v) is 5.14. The third kappa shape index (κ3) is 1.01. The summed E-state index contributed by atoms with van der Waals surface area (Å²) in [6.07, 6.45) is 2.89. The molecule has 2 bridgehead atoms. The summed E-state index contributed by atoms with van der Waals surface area (Å²) in [6, 6.07) is 7.63. The lowest BCUT2D eigenvalue weighted by Crippen LogP contribution is -2.64. The Morgan fingerprint density at radius 3 is 2.83 bits per heavy atom. The monoisotopic (exact) mass is 241 g/mol. The Kier molecular flexibility index (Phi) is 1.66. The van der Waals surface area contributed by atoms with E-state index in [0.29, 0.717) is 12.8 Å². The van der Waals surface area contributed by atoms with Crippen LogP contribution in [0, 0.1) is 5.92 Å². The normalized spacial score (nSPS) is 30.1. The van der Waals surface area contributed by atoms with E-state index in [9.17, 15) is 9.59 Å². The summed E-state index contributed by atoms with van der Waals surface area (Å²) in [5, 5.41) is 3.44. The van der Waals surface area contributed by atoms with Crippen LogP contribution in [0.15, 0.2) is 34.9 Å². The third-order valence-electron chi connectivity index (χ3n) is 4.24. The molecule has 0 spiro atoms. The lowest BCUT2D eigenvalue weighted by Gasteiger charge is -2.50. The van der Waals surface area contributed by atoms with E-state index in [2.05, 4.69) is 5.32 Å². The van der Waals surface area contributed by atoms with Gasteiger partial charge in [0.2, 0.25) is 11.8 Å². The maximum Gasteiger partial charge on any atom is 0.237 e. The molecule has 0 atom stereocenters. The maximum absolute atomic E-state index is 12.2. The number of hydrogen-bond acceptors (Lipinski definition) is 3. The zero-order valence-corrected chi connectivity index (χ0v) is 9.60. The molecule has 1 N–H and O–H groups in total. The van der Waals surface area contributed by atoms with Crippen LogP contribution in [0.5, 0.6) is 0 Å². The van der Waals surface area contributed by atoms with Gasteiger partial charge in [-0.1, -0.05) is 12.1 Å². The van der Waals surface area contributed by atoms with Crippen molar-refractivity contribution in [1.29, 1.82) is 0 Å². The lowest BCUT2D eigenvalue weighted by atomic mass is 9.55. The van der Waals surface area contributed by atoms with Crippen LogP contribution in [0.1, 0.15) is 18.4 Å². The second-order valence-electron chi connectivity index (χ2n) is 5.14. The fourth-order valence-corrected chi connectivity index (χ4v) is 3.24. The molecule has 4 nitrogen and oxygen atoms in total. The molecule has 18 heavy (non-hydrogen) atoms. The summed E-state index contributed by atoms with van der Waals surface area (Å²) in [5.41, 5.74) is 1.24. The van der Waals surface area contributed by atoms with Gasteiger partial charge in [-0.2, -0.15) is 0 Å². The second kappa shape index (κ2) is 3.02. The average molecular weight is 241 g/mol. The van der Waals surface area contributed by atoms with E-state index < -0.39 is 5.41 Å². The minimum absolute atomic E-state index is 0.00939. The van der Waals surface area contributed by atoms with Crippen molar-refractivity contribution in [1.82, 2.24) is 5.32 Å². The number of benzene rings is 1. The van der Waals surface area contributed by atoms with Gasteiger partial charge in [-0.05, 0) is 30.5 Å². The topological polar surface area (TPSA) is 59.3 Å². The van der Waals surface area contributed by atoms with Crippen LogP contribution in [0.2, 0.25) is 0 Å². The number of furan rings is 1. The van der Waals surface area contributed by atoms with Gasteiger partial charge in [-0.15, -0.1) is 0 Å². The molecule has 1 saturated carbocycles. The molecular formula is C14H11NO3. The molecule has 2 saturated heterocycles.